The molecule has 1 atom stereocenters. The van der Waals surface area contributed by atoms with E-state index in [0.717, 1.165) is 0 Å². The highest BCUT2D eigenvalue weighted by Crippen LogP contribution is 2.27. The fourth-order valence-corrected chi connectivity index (χ4v) is 3.02. The van der Waals surface area contributed by atoms with Crippen molar-refractivity contribution in [3.63, 3.8) is 0 Å². The molecular formula is C24H28N2O8. The summed E-state index contributed by atoms with van der Waals surface area (Å²) in [5.41, 5.74) is -0.647. The van der Waals surface area contributed by atoms with Crippen molar-refractivity contribution >= 4 is 23.8 Å². The summed E-state index contributed by atoms with van der Waals surface area (Å²) in [6, 6.07) is 7.33. The number of ether oxygens (including phenoxy) is 2. The molecule has 1 unspecified atom stereocenters. The van der Waals surface area contributed by atoms with E-state index in [9.17, 15) is 29.4 Å². The summed E-state index contributed by atoms with van der Waals surface area (Å²) in [5.74, 6) is -3.19. The standard InChI is InChI=1S/C24H28N2O8/c1-13(2)11-33-12-14(3)26-22(28)20-10-16(6-8-18(20)24(31)32)34-15-5-7-17(23(29)30)19(9-15)21(27)25-4/h5-10,13-14H,11-12H2,1-4H3,(H,25,27)(H,26,28)(H,29,30)(H,31,32). The summed E-state index contributed by atoms with van der Waals surface area (Å²) in [4.78, 5) is 47.9. The molecule has 0 saturated carbocycles. The van der Waals surface area contributed by atoms with Gasteiger partial charge in [-0.05, 0) is 49.2 Å². The monoisotopic (exact) mass is 472 g/mol. The molecule has 0 aliphatic heterocycles. The maximum absolute atomic E-state index is 12.8. The molecule has 0 fully saturated rings. The van der Waals surface area contributed by atoms with Crippen LogP contribution in [0.4, 0.5) is 0 Å². The molecule has 0 spiro atoms. The van der Waals surface area contributed by atoms with Gasteiger partial charge in [-0.25, -0.2) is 9.59 Å². The molecule has 34 heavy (non-hydrogen) atoms. The van der Waals surface area contributed by atoms with E-state index in [1.165, 1.54) is 43.4 Å². The summed E-state index contributed by atoms with van der Waals surface area (Å²) in [7, 11) is 1.37. The van der Waals surface area contributed by atoms with Crippen molar-refractivity contribution in [1.82, 2.24) is 10.6 Å². The van der Waals surface area contributed by atoms with Crippen molar-refractivity contribution in [2.45, 2.75) is 26.8 Å². The van der Waals surface area contributed by atoms with E-state index in [2.05, 4.69) is 10.6 Å². The van der Waals surface area contributed by atoms with Crippen LogP contribution in [0.1, 0.15) is 62.2 Å². The van der Waals surface area contributed by atoms with Gasteiger partial charge in [0, 0.05) is 19.7 Å². The first-order valence-electron chi connectivity index (χ1n) is 10.6. The van der Waals surface area contributed by atoms with E-state index < -0.39 is 23.8 Å². The van der Waals surface area contributed by atoms with E-state index >= 15 is 0 Å². The van der Waals surface area contributed by atoms with Crippen molar-refractivity contribution in [2.75, 3.05) is 20.3 Å². The Morgan fingerprint density at radius 3 is 1.74 bits per heavy atom. The molecule has 0 heterocycles. The van der Waals surface area contributed by atoms with Gasteiger partial charge in [0.1, 0.15) is 11.5 Å². The van der Waals surface area contributed by atoms with Crippen molar-refractivity contribution in [3.05, 3.63) is 58.7 Å². The lowest BCUT2D eigenvalue weighted by atomic mass is 10.1. The third kappa shape index (κ3) is 7.04. The van der Waals surface area contributed by atoms with Gasteiger partial charge in [-0.3, -0.25) is 9.59 Å². The maximum atomic E-state index is 12.8. The molecule has 0 aliphatic carbocycles. The van der Waals surface area contributed by atoms with Gasteiger partial charge in [-0.2, -0.15) is 0 Å². The van der Waals surface area contributed by atoms with Crippen LogP contribution in [0, 0.1) is 5.92 Å². The maximum Gasteiger partial charge on any atom is 0.336 e. The second-order valence-electron chi connectivity index (χ2n) is 8.01. The second-order valence-corrected chi connectivity index (χ2v) is 8.01. The SMILES string of the molecule is CNC(=O)c1cc(Oc2ccc(C(=O)O)c(C(=O)NC(C)COCC(C)C)c2)ccc1C(=O)O. The van der Waals surface area contributed by atoms with Gasteiger partial charge in [0.2, 0.25) is 0 Å². The summed E-state index contributed by atoms with van der Waals surface area (Å²) < 4.78 is 11.2. The Kier molecular flexibility index (Phi) is 9.14. The smallest absolute Gasteiger partial charge is 0.336 e. The Hall–Kier alpha value is -3.92. The average molecular weight is 472 g/mol. The van der Waals surface area contributed by atoms with E-state index in [1.54, 1.807) is 6.92 Å². The highest BCUT2D eigenvalue weighted by molar-refractivity contribution is 6.06. The minimum atomic E-state index is -1.28. The number of benzene rings is 2. The third-order valence-corrected chi connectivity index (χ3v) is 4.59. The Balaban J connectivity index is 2.29. The molecule has 2 aromatic carbocycles. The van der Waals surface area contributed by atoms with Gasteiger partial charge in [0.15, 0.2) is 0 Å². The highest BCUT2D eigenvalue weighted by Gasteiger charge is 2.21. The predicted octanol–water partition coefficient (Wildman–Crippen LogP) is 3.03. The van der Waals surface area contributed by atoms with Crippen molar-refractivity contribution in [2.24, 2.45) is 5.92 Å². The zero-order chi connectivity index (χ0) is 25.4. The fraction of sp³-hybridized carbons (Fsp3) is 0.333. The lowest BCUT2D eigenvalue weighted by molar-refractivity contribution is 0.0681. The lowest BCUT2D eigenvalue weighted by Crippen LogP contribution is -2.37. The topological polar surface area (TPSA) is 151 Å². The van der Waals surface area contributed by atoms with Gasteiger partial charge < -0.3 is 30.3 Å². The molecule has 10 nitrogen and oxygen atoms in total. The van der Waals surface area contributed by atoms with E-state index in [1.807, 2.05) is 13.8 Å². The van der Waals surface area contributed by atoms with Crippen LogP contribution >= 0.6 is 0 Å². The zero-order valence-corrected chi connectivity index (χ0v) is 19.4. The Morgan fingerprint density at radius 1 is 0.794 bits per heavy atom. The van der Waals surface area contributed by atoms with E-state index in [4.69, 9.17) is 9.47 Å². The number of carboxylic acids is 2. The first-order chi connectivity index (χ1) is 16.0. The van der Waals surface area contributed by atoms with Crippen LogP contribution in [0.15, 0.2) is 36.4 Å². The summed E-state index contributed by atoms with van der Waals surface area (Å²) in [5, 5.41) is 23.9. The molecule has 0 radical (unpaired) electrons. The fourth-order valence-electron chi connectivity index (χ4n) is 3.02. The first-order valence-corrected chi connectivity index (χ1v) is 10.6. The molecule has 10 heteroatoms. The number of amides is 2. The van der Waals surface area contributed by atoms with Gasteiger partial charge in [0.25, 0.3) is 11.8 Å². The molecule has 2 amide bonds. The van der Waals surface area contributed by atoms with Crippen molar-refractivity contribution < 1.29 is 38.9 Å². The molecule has 0 saturated heterocycles. The highest BCUT2D eigenvalue weighted by atomic mass is 16.5. The lowest BCUT2D eigenvalue weighted by Gasteiger charge is -2.17. The summed E-state index contributed by atoms with van der Waals surface area (Å²) in [6.45, 7) is 6.54. The van der Waals surface area contributed by atoms with Gasteiger partial charge in [-0.15, -0.1) is 0 Å². The van der Waals surface area contributed by atoms with Crippen LogP contribution < -0.4 is 15.4 Å². The number of aromatic carboxylic acids is 2. The molecule has 2 aromatic rings. The molecule has 0 aromatic heterocycles. The molecule has 182 valence electrons. The van der Waals surface area contributed by atoms with Gasteiger partial charge >= 0.3 is 11.9 Å². The molecule has 2 rings (SSSR count). The summed E-state index contributed by atoms with van der Waals surface area (Å²) in [6.07, 6.45) is 0. The van der Waals surface area contributed by atoms with Crippen molar-refractivity contribution in [1.29, 1.82) is 0 Å². The first kappa shape index (κ1) is 26.3. The number of carbonyl (C=O) groups excluding carboxylic acids is 2. The van der Waals surface area contributed by atoms with E-state index in [0.29, 0.717) is 12.5 Å². The molecule has 0 aliphatic rings. The molecule has 4 N–H and O–H groups in total. The summed E-state index contributed by atoms with van der Waals surface area (Å²) >= 11 is 0. The van der Waals surface area contributed by atoms with Crippen LogP contribution in [0.3, 0.4) is 0 Å². The Labute approximate surface area is 196 Å². The minimum Gasteiger partial charge on any atom is -0.478 e. The predicted molar refractivity (Wildman–Crippen MR) is 123 cm³/mol. The minimum absolute atomic E-state index is 0.108. The number of rotatable bonds is 11. The Bertz CT molecular complexity index is 1080. The molecular weight excluding hydrogens is 444 g/mol. The largest absolute Gasteiger partial charge is 0.478 e. The average Bonchev–Trinajstić information content (AvgIpc) is 2.77. The van der Waals surface area contributed by atoms with Crippen LogP contribution in [0.2, 0.25) is 0 Å². The zero-order valence-electron chi connectivity index (χ0n) is 19.4. The van der Waals surface area contributed by atoms with Crippen molar-refractivity contribution in [3.8, 4) is 11.5 Å². The second kappa shape index (κ2) is 11.8. The van der Waals surface area contributed by atoms with Crippen LogP contribution in [-0.4, -0.2) is 60.3 Å². The number of carbonyl (C=O) groups is 4. The molecule has 0 bridgehead atoms. The number of hydrogen-bond donors (Lipinski definition) is 4. The van der Waals surface area contributed by atoms with Gasteiger partial charge in [-0.1, -0.05) is 13.8 Å². The van der Waals surface area contributed by atoms with E-state index in [-0.39, 0.29) is 46.4 Å². The number of hydrogen-bond acceptors (Lipinski definition) is 6. The third-order valence-electron chi connectivity index (χ3n) is 4.59. The quantitative estimate of drug-likeness (QED) is 0.390. The van der Waals surface area contributed by atoms with Crippen LogP contribution in [0.25, 0.3) is 0 Å². The van der Waals surface area contributed by atoms with Crippen LogP contribution in [-0.2, 0) is 4.74 Å². The number of nitrogens with one attached hydrogen (secondary N) is 2. The van der Waals surface area contributed by atoms with Crippen LogP contribution in [0.5, 0.6) is 11.5 Å². The Morgan fingerprint density at radius 2 is 1.29 bits per heavy atom. The number of carboxylic acid groups (broad SMARTS) is 2. The normalized spacial score (nSPS) is 11.6. The van der Waals surface area contributed by atoms with Gasteiger partial charge in [0.05, 0.1) is 28.9 Å².